The zero-order valence-electron chi connectivity index (χ0n) is 69.8. The van der Waals surface area contributed by atoms with Crippen LogP contribution in [0.2, 0.25) is 0 Å². The summed E-state index contributed by atoms with van der Waals surface area (Å²) in [6, 6.07) is 35.1. The molecule has 0 aliphatic heterocycles. The molecule has 0 saturated carbocycles. The molecule has 0 N–H and O–H groups in total. The van der Waals surface area contributed by atoms with Gasteiger partial charge in [0, 0.05) is 36.1 Å². The molecule has 0 radical (unpaired) electrons. The summed E-state index contributed by atoms with van der Waals surface area (Å²) in [5, 5.41) is 0. The highest BCUT2D eigenvalue weighted by molar-refractivity contribution is 5.93. The van der Waals surface area contributed by atoms with Crippen molar-refractivity contribution in [2.45, 2.75) is 51.4 Å². The molecule has 8 aromatic rings. The minimum atomic E-state index is -0.575. The minimum absolute atomic E-state index is 0.0337. The largest absolute Gasteiger partial charge is 0.497 e. The maximum atomic E-state index is 13.8. The first-order valence-electron chi connectivity index (χ1n) is 36.9. The van der Waals surface area contributed by atoms with E-state index >= 15 is 0 Å². The van der Waals surface area contributed by atoms with Crippen LogP contribution in [0.25, 0.3) is 0 Å². The third kappa shape index (κ3) is 24.8. The van der Waals surface area contributed by atoms with Crippen molar-refractivity contribution < 1.29 is 133 Å². The second-order valence-corrected chi connectivity index (χ2v) is 26.1. The van der Waals surface area contributed by atoms with E-state index < -0.39 is 23.9 Å². The fourth-order valence-corrected chi connectivity index (χ4v) is 13.4. The number of carbonyl (C=O) groups is 4. The highest BCUT2D eigenvalue weighted by Gasteiger charge is 2.31. The molecule has 628 valence electrons. The van der Waals surface area contributed by atoms with Crippen LogP contribution in [0.5, 0.6) is 115 Å². The molecule has 0 aliphatic rings. The van der Waals surface area contributed by atoms with Gasteiger partial charge in [0.15, 0.2) is 46.0 Å². The van der Waals surface area contributed by atoms with Gasteiger partial charge in [0.1, 0.15) is 46.0 Å². The summed E-state index contributed by atoms with van der Waals surface area (Å²) < 4.78 is 134. The van der Waals surface area contributed by atoms with Gasteiger partial charge >= 0.3 is 23.9 Å². The fraction of sp³-hybridized carbons (Fsp3) is 0.409. The van der Waals surface area contributed by atoms with E-state index in [2.05, 4.69) is 0 Å². The monoisotopic (exact) mass is 1610 g/mol. The van der Waals surface area contributed by atoms with Gasteiger partial charge in [-0.05, 0) is 183 Å². The van der Waals surface area contributed by atoms with Crippen LogP contribution in [0.4, 0.5) is 0 Å². The van der Waals surface area contributed by atoms with Gasteiger partial charge in [0.2, 0.25) is 23.0 Å². The van der Waals surface area contributed by atoms with Gasteiger partial charge in [-0.3, -0.25) is 0 Å². The predicted octanol–water partition coefficient (Wildman–Crippen LogP) is 14.6. The third-order valence-corrected chi connectivity index (χ3v) is 19.3. The number of carbonyl (C=O) groups excluding carboxylic acids is 4. The van der Waals surface area contributed by atoms with Gasteiger partial charge in [-0.2, -0.15) is 0 Å². The molecule has 0 saturated heterocycles. The predicted molar refractivity (Wildman–Crippen MR) is 431 cm³/mol. The summed E-state index contributed by atoms with van der Waals surface area (Å²) in [5.74, 6) is 6.06. The molecule has 0 aromatic heterocycles. The maximum absolute atomic E-state index is 13.8. The van der Waals surface area contributed by atoms with Crippen molar-refractivity contribution in [3.63, 3.8) is 0 Å². The quantitative estimate of drug-likeness (QED) is 0.0194. The number of ether oxygens (including phenoxy) is 24. The highest BCUT2D eigenvalue weighted by atomic mass is 16.6. The van der Waals surface area contributed by atoms with Crippen molar-refractivity contribution in [2.75, 3.05) is 169 Å². The Morgan fingerprint density at radius 3 is 0.569 bits per heavy atom. The number of benzene rings is 8. The van der Waals surface area contributed by atoms with Gasteiger partial charge in [-0.1, -0.05) is 0 Å². The van der Waals surface area contributed by atoms with E-state index in [-0.39, 0.29) is 72.4 Å². The zero-order chi connectivity index (χ0) is 84.4. The molecule has 8 rings (SSSR count). The van der Waals surface area contributed by atoms with Gasteiger partial charge in [-0.25, -0.2) is 19.2 Å². The number of methoxy groups -OCH3 is 20. The molecule has 0 spiro atoms. The summed E-state index contributed by atoms with van der Waals surface area (Å²) in [7, 11) is 30.5. The Bertz CT molecular complexity index is 4050. The second-order valence-electron chi connectivity index (χ2n) is 26.1. The average molecular weight is 1610 g/mol. The molecule has 0 aliphatic carbocycles. The summed E-state index contributed by atoms with van der Waals surface area (Å²) in [6.07, 6.45) is 4.18. The maximum Gasteiger partial charge on any atom is 0.338 e. The molecule has 8 aromatic carbocycles. The Morgan fingerprint density at radius 2 is 0.397 bits per heavy atom. The molecule has 0 unspecified atom stereocenters. The van der Waals surface area contributed by atoms with Crippen LogP contribution >= 0.6 is 0 Å². The lowest BCUT2D eigenvalue weighted by Gasteiger charge is -2.28. The van der Waals surface area contributed by atoms with E-state index in [1.807, 2.05) is 48.5 Å². The van der Waals surface area contributed by atoms with Crippen LogP contribution in [0.3, 0.4) is 0 Å². The molecule has 0 amide bonds. The molecule has 28 nitrogen and oxygen atoms in total. The molecule has 0 heterocycles. The van der Waals surface area contributed by atoms with Gasteiger partial charge in [0.05, 0.1) is 191 Å². The first kappa shape index (κ1) is 90.8. The molecule has 28 heteroatoms. The second kappa shape index (κ2) is 46.1. The fourth-order valence-electron chi connectivity index (χ4n) is 13.4. The van der Waals surface area contributed by atoms with Gasteiger partial charge in [0.25, 0.3) is 0 Å². The highest BCUT2D eigenvalue weighted by Crippen LogP contribution is 2.44. The first-order valence-corrected chi connectivity index (χ1v) is 36.9. The van der Waals surface area contributed by atoms with E-state index in [4.69, 9.17) is 114 Å². The van der Waals surface area contributed by atoms with Crippen LogP contribution in [0, 0.1) is 23.7 Å². The van der Waals surface area contributed by atoms with Gasteiger partial charge < -0.3 is 114 Å². The van der Waals surface area contributed by atoms with E-state index in [1.54, 1.807) is 130 Å². The van der Waals surface area contributed by atoms with Crippen molar-refractivity contribution in [2.24, 2.45) is 23.7 Å². The van der Waals surface area contributed by atoms with E-state index in [0.717, 1.165) is 22.3 Å². The van der Waals surface area contributed by atoms with E-state index in [0.29, 0.717) is 166 Å². The molecule has 0 bridgehead atoms. The summed E-state index contributed by atoms with van der Waals surface area (Å²) in [6.45, 7) is 0.286. The minimum Gasteiger partial charge on any atom is -0.497 e. The normalized spacial score (nSPS) is 11.7. The molecular weight excluding hydrogens is 1500 g/mol. The SMILES string of the molecule is COc1cc(C[C@@H](CCCOC(=O)c2cc(OC)c(OC)c(OC)c2)[C@H](COC(=O)c2cc(OC)c(OC)c(OC)c2)Cc2cc(OC)cc(OC)c2)cc(OC)c1.COc1cc(C[C@H](CCCOC(=O)c2cc(OC)c(OC)c(OC)c2)[C@@H](COC(=O)c2cc(OC)c(OC)c(OC)c2)Cc2cc(OC)cc(OC)c2)cc(OC)c1. The smallest absolute Gasteiger partial charge is 0.338 e. The standard InChI is InChI=1S/2C44H54O14/c2*1-47-33-16-27(17-34(24-33)48-2)14-29(12-11-13-57-43(45)30-20-37(51-5)41(55-9)38(21-30)52-6)32(15-28-18-35(49-3)25-36(19-28)50-4)26-58-44(46)31-22-39(53-7)42(56-10)40(23-31)54-8/h2*16-25,29,32H,11-15,26H2,1-10H3/t2*29-,32+/m10/s1. The topological polar surface area (TPSA) is 290 Å². The molecule has 0 fully saturated rings. The number of hydrogen-bond acceptors (Lipinski definition) is 28. The van der Waals surface area contributed by atoms with E-state index in [9.17, 15) is 19.2 Å². The third-order valence-electron chi connectivity index (χ3n) is 19.3. The lowest BCUT2D eigenvalue weighted by atomic mass is 9.80. The van der Waals surface area contributed by atoms with Crippen molar-refractivity contribution in [3.05, 3.63) is 166 Å². The Balaban J connectivity index is 0.000000321. The Morgan fingerprint density at radius 1 is 0.216 bits per heavy atom. The number of hydrogen-bond donors (Lipinski definition) is 0. The number of esters is 4. The van der Waals surface area contributed by atoms with Crippen molar-refractivity contribution in [3.8, 4) is 115 Å². The lowest BCUT2D eigenvalue weighted by molar-refractivity contribution is 0.0358. The molecule has 4 atom stereocenters. The first-order chi connectivity index (χ1) is 56.1. The van der Waals surface area contributed by atoms with Crippen LogP contribution in [0.1, 0.15) is 89.4 Å². The Kier molecular flexibility index (Phi) is 36.1. The summed E-state index contributed by atoms with van der Waals surface area (Å²) in [5.41, 5.74) is 4.66. The Hall–Kier alpha value is -12.4. The molecule has 116 heavy (non-hydrogen) atoms. The molecular formula is C88H108O28. The summed E-state index contributed by atoms with van der Waals surface area (Å²) >= 11 is 0. The Labute approximate surface area is 678 Å². The van der Waals surface area contributed by atoms with Crippen molar-refractivity contribution in [1.29, 1.82) is 0 Å². The van der Waals surface area contributed by atoms with Gasteiger partial charge in [-0.15, -0.1) is 0 Å². The summed E-state index contributed by atoms with van der Waals surface area (Å²) in [4.78, 5) is 54.1. The van der Waals surface area contributed by atoms with Crippen LogP contribution in [-0.2, 0) is 44.6 Å². The number of rotatable bonds is 46. The zero-order valence-corrected chi connectivity index (χ0v) is 69.8. The average Bonchev–Trinajstić information content (AvgIpc) is 0.809. The van der Waals surface area contributed by atoms with E-state index in [1.165, 1.54) is 85.3 Å². The van der Waals surface area contributed by atoms with Crippen molar-refractivity contribution in [1.82, 2.24) is 0 Å². The van der Waals surface area contributed by atoms with Crippen LogP contribution in [0.15, 0.2) is 121 Å². The van der Waals surface area contributed by atoms with Crippen LogP contribution in [-0.4, -0.2) is 193 Å². The van der Waals surface area contributed by atoms with Crippen LogP contribution < -0.4 is 94.7 Å². The van der Waals surface area contributed by atoms with Crippen molar-refractivity contribution >= 4 is 23.9 Å². The lowest BCUT2D eigenvalue weighted by Crippen LogP contribution is -2.27.